The number of carbonyl (C=O) groups excluding carboxylic acids is 1. The third kappa shape index (κ3) is 2.28. The van der Waals surface area contributed by atoms with E-state index in [1.54, 1.807) is 12.1 Å². The van der Waals surface area contributed by atoms with Crippen molar-refractivity contribution in [3.8, 4) is 0 Å². The van der Waals surface area contributed by atoms with Crippen molar-refractivity contribution in [3.05, 3.63) is 66.0 Å². The van der Waals surface area contributed by atoms with Gasteiger partial charge < -0.3 is 9.30 Å². The summed E-state index contributed by atoms with van der Waals surface area (Å²) in [6.45, 7) is 0.724. The molecule has 0 saturated carbocycles. The minimum atomic E-state index is -0.315. The van der Waals surface area contributed by atoms with Crippen LogP contribution in [0.2, 0.25) is 0 Å². The largest absolute Gasteiger partial charge is 0.465 e. The molecule has 0 fully saturated rings. The minimum Gasteiger partial charge on any atom is -0.465 e. The van der Waals surface area contributed by atoms with Crippen LogP contribution in [-0.4, -0.2) is 22.6 Å². The molecule has 20 heavy (non-hydrogen) atoms. The number of methoxy groups -OCH3 is 1. The monoisotopic (exact) mass is 266 g/mol. The Hall–Kier alpha value is -2.62. The number of imidazole rings is 1. The van der Waals surface area contributed by atoms with Crippen molar-refractivity contribution in [2.45, 2.75) is 6.54 Å². The van der Waals surface area contributed by atoms with Crippen molar-refractivity contribution >= 4 is 17.0 Å². The average Bonchev–Trinajstić information content (AvgIpc) is 2.91. The normalized spacial score (nSPS) is 10.7. The number of aromatic nitrogens is 2. The Morgan fingerprint density at radius 1 is 1.15 bits per heavy atom. The molecule has 2 aromatic carbocycles. The summed E-state index contributed by atoms with van der Waals surface area (Å²) in [5.41, 5.74) is 3.76. The number of hydrogen-bond acceptors (Lipinski definition) is 3. The van der Waals surface area contributed by atoms with Crippen molar-refractivity contribution in [1.82, 2.24) is 9.55 Å². The molecule has 0 spiro atoms. The molecule has 0 radical (unpaired) electrons. The van der Waals surface area contributed by atoms with Crippen LogP contribution in [-0.2, 0) is 11.3 Å². The second-order valence-electron chi connectivity index (χ2n) is 4.55. The number of rotatable bonds is 3. The van der Waals surface area contributed by atoms with Crippen LogP contribution in [0.15, 0.2) is 54.9 Å². The van der Waals surface area contributed by atoms with Crippen LogP contribution in [0.1, 0.15) is 15.9 Å². The van der Waals surface area contributed by atoms with E-state index in [2.05, 4.69) is 14.3 Å². The predicted octanol–water partition coefficient (Wildman–Crippen LogP) is 2.87. The third-order valence-corrected chi connectivity index (χ3v) is 3.26. The van der Waals surface area contributed by atoms with Gasteiger partial charge in [-0.2, -0.15) is 0 Å². The highest BCUT2D eigenvalue weighted by Gasteiger charge is 2.06. The summed E-state index contributed by atoms with van der Waals surface area (Å²) in [7, 11) is 1.38. The van der Waals surface area contributed by atoms with Gasteiger partial charge in [-0.05, 0) is 29.8 Å². The van der Waals surface area contributed by atoms with Crippen LogP contribution in [0, 0.1) is 0 Å². The average molecular weight is 266 g/mol. The van der Waals surface area contributed by atoms with Crippen molar-refractivity contribution in [1.29, 1.82) is 0 Å². The minimum absolute atomic E-state index is 0.315. The molecule has 4 heteroatoms. The highest BCUT2D eigenvalue weighted by atomic mass is 16.5. The maximum absolute atomic E-state index is 11.4. The molecular formula is C16H14N2O2. The summed E-state index contributed by atoms with van der Waals surface area (Å²) in [5, 5.41) is 0. The molecule has 3 rings (SSSR count). The van der Waals surface area contributed by atoms with E-state index in [0.29, 0.717) is 5.56 Å². The van der Waals surface area contributed by atoms with E-state index in [-0.39, 0.29) is 5.97 Å². The first-order valence-corrected chi connectivity index (χ1v) is 6.35. The second kappa shape index (κ2) is 5.17. The highest BCUT2D eigenvalue weighted by Crippen LogP contribution is 2.14. The lowest BCUT2D eigenvalue weighted by atomic mass is 10.1. The maximum Gasteiger partial charge on any atom is 0.337 e. The van der Waals surface area contributed by atoms with Gasteiger partial charge in [-0.25, -0.2) is 9.78 Å². The lowest BCUT2D eigenvalue weighted by Gasteiger charge is -2.05. The molecule has 1 aromatic heterocycles. The van der Waals surface area contributed by atoms with Crippen LogP contribution < -0.4 is 0 Å². The van der Waals surface area contributed by atoms with Crippen molar-refractivity contribution < 1.29 is 9.53 Å². The summed E-state index contributed by atoms with van der Waals surface area (Å²) >= 11 is 0. The predicted molar refractivity (Wildman–Crippen MR) is 76.6 cm³/mol. The first-order valence-electron chi connectivity index (χ1n) is 6.35. The summed E-state index contributed by atoms with van der Waals surface area (Å²) in [5.74, 6) is -0.315. The van der Waals surface area contributed by atoms with Gasteiger partial charge in [0.2, 0.25) is 0 Å². The van der Waals surface area contributed by atoms with Crippen LogP contribution in [0.3, 0.4) is 0 Å². The van der Waals surface area contributed by atoms with Crippen LogP contribution in [0.5, 0.6) is 0 Å². The fourth-order valence-electron chi connectivity index (χ4n) is 2.20. The van der Waals surface area contributed by atoms with Gasteiger partial charge >= 0.3 is 5.97 Å². The molecule has 0 aliphatic heterocycles. The Labute approximate surface area is 116 Å². The van der Waals surface area contributed by atoms with E-state index in [0.717, 1.165) is 23.1 Å². The Morgan fingerprint density at radius 3 is 2.65 bits per heavy atom. The quantitative estimate of drug-likeness (QED) is 0.685. The Morgan fingerprint density at radius 2 is 1.90 bits per heavy atom. The van der Waals surface area contributed by atoms with Gasteiger partial charge in [0.15, 0.2) is 0 Å². The summed E-state index contributed by atoms with van der Waals surface area (Å²) in [6.07, 6.45) is 1.83. The van der Waals surface area contributed by atoms with E-state index in [4.69, 9.17) is 0 Å². The van der Waals surface area contributed by atoms with Gasteiger partial charge in [-0.1, -0.05) is 24.3 Å². The number of hydrogen-bond donors (Lipinski definition) is 0. The lowest BCUT2D eigenvalue weighted by molar-refractivity contribution is 0.0600. The molecular weight excluding hydrogens is 252 g/mol. The molecule has 100 valence electrons. The first kappa shape index (κ1) is 12.4. The number of esters is 1. The molecule has 1 heterocycles. The highest BCUT2D eigenvalue weighted by molar-refractivity contribution is 5.89. The van der Waals surface area contributed by atoms with Crippen molar-refractivity contribution in [2.24, 2.45) is 0 Å². The zero-order valence-electron chi connectivity index (χ0n) is 11.1. The first-order chi connectivity index (χ1) is 9.78. The second-order valence-corrected chi connectivity index (χ2v) is 4.55. The maximum atomic E-state index is 11.4. The Balaban J connectivity index is 1.86. The summed E-state index contributed by atoms with van der Waals surface area (Å²) in [4.78, 5) is 15.7. The van der Waals surface area contributed by atoms with E-state index < -0.39 is 0 Å². The van der Waals surface area contributed by atoms with Gasteiger partial charge in [0.1, 0.15) is 0 Å². The molecule has 0 unspecified atom stereocenters. The molecule has 4 nitrogen and oxygen atoms in total. The third-order valence-electron chi connectivity index (χ3n) is 3.26. The molecule has 0 aliphatic rings. The number of fused-ring (bicyclic) bond motifs is 1. The van der Waals surface area contributed by atoms with Gasteiger partial charge in [-0.15, -0.1) is 0 Å². The fourth-order valence-corrected chi connectivity index (χ4v) is 2.20. The fraction of sp³-hybridized carbons (Fsp3) is 0.125. The van der Waals surface area contributed by atoms with E-state index in [9.17, 15) is 4.79 Å². The van der Waals surface area contributed by atoms with Crippen molar-refractivity contribution in [3.63, 3.8) is 0 Å². The van der Waals surface area contributed by atoms with Crippen LogP contribution in [0.25, 0.3) is 11.0 Å². The molecule has 3 aromatic rings. The van der Waals surface area contributed by atoms with Gasteiger partial charge in [0.05, 0.1) is 30.0 Å². The van der Waals surface area contributed by atoms with Crippen LogP contribution >= 0.6 is 0 Å². The molecule has 0 amide bonds. The molecule has 0 atom stereocenters. The van der Waals surface area contributed by atoms with Crippen molar-refractivity contribution in [2.75, 3.05) is 7.11 Å². The summed E-state index contributed by atoms with van der Waals surface area (Å²) in [6, 6.07) is 15.4. The van der Waals surface area contributed by atoms with Gasteiger partial charge in [0, 0.05) is 6.54 Å². The molecule has 0 aliphatic carbocycles. The van der Waals surface area contributed by atoms with Crippen LogP contribution in [0.4, 0.5) is 0 Å². The summed E-state index contributed by atoms with van der Waals surface area (Å²) < 4.78 is 6.77. The Bertz CT molecular complexity index is 745. The van der Waals surface area contributed by atoms with Gasteiger partial charge in [-0.3, -0.25) is 0 Å². The topological polar surface area (TPSA) is 44.1 Å². The lowest BCUT2D eigenvalue weighted by Crippen LogP contribution is -2.02. The van der Waals surface area contributed by atoms with E-state index in [1.807, 2.05) is 42.7 Å². The van der Waals surface area contributed by atoms with E-state index >= 15 is 0 Å². The molecule has 0 N–H and O–H groups in total. The number of carbonyl (C=O) groups is 1. The number of benzene rings is 2. The standard InChI is InChI=1S/C16H14N2O2/c1-20-16(19)13-8-6-12(7-9-13)10-18-11-17-14-4-2-3-5-15(14)18/h2-9,11H,10H2,1H3. The number of nitrogens with zero attached hydrogens (tertiary/aromatic N) is 2. The molecule has 0 bridgehead atoms. The van der Waals surface area contributed by atoms with E-state index in [1.165, 1.54) is 7.11 Å². The SMILES string of the molecule is COC(=O)c1ccc(Cn2cnc3ccccc32)cc1. The zero-order chi connectivity index (χ0) is 13.9. The van der Waals surface area contributed by atoms with Gasteiger partial charge in [0.25, 0.3) is 0 Å². The molecule has 0 saturated heterocycles. The Kier molecular flexibility index (Phi) is 3.21. The number of ether oxygens (including phenoxy) is 1. The smallest absolute Gasteiger partial charge is 0.337 e. The number of para-hydroxylation sites is 2. The zero-order valence-corrected chi connectivity index (χ0v) is 11.1.